The van der Waals surface area contributed by atoms with Crippen LogP contribution in [0.2, 0.25) is 0 Å². The molecule has 4 nitrogen and oxygen atoms in total. The normalized spacial score (nSPS) is 12.2. The highest BCUT2D eigenvalue weighted by atomic mass is 32.1. The maximum absolute atomic E-state index is 13.0. The highest BCUT2D eigenvalue weighted by Gasteiger charge is 2.24. The highest BCUT2D eigenvalue weighted by molar-refractivity contribution is 7.17. The average molecular weight is 353 g/mol. The summed E-state index contributed by atoms with van der Waals surface area (Å²) in [4.78, 5) is 20.0. The number of thiazole rings is 1. The molecule has 1 atom stereocenters. The number of anilines is 1. The number of fused-ring (bicyclic) bond motifs is 1. The Bertz CT molecular complexity index is 898. The van der Waals surface area contributed by atoms with Crippen molar-refractivity contribution >= 4 is 33.1 Å². The summed E-state index contributed by atoms with van der Waals surface area (Å²) in [7, 11) is 1.86. The lowest BCUT2D eigenvalue weighted by Crippen LogP contribution is -2.29. The Labute approximate surface area is 152 Å². The fourth-order valence-corrected chi connectivity index (χ4v) is 4.00. The summed E-state index contributed by atoms with van der Waals surface area (Å²) in [5.41, 5.74) is 1.94. The van der Waals surface area contributed by atoms with Crippen LogP contribution in [0.3, 0.4) is 0 Å². The van der Waals surface area contributed by atoms with Crippen molar-refractivity contribution in [3.05, 3.63) is 58.6 Å². The molecule has 3 rings (SSSR count). The smallest absolute Gasteiger partial charge is 0.266 e. The van der Waals surface area contributed by atoms with Crippen LogP contribution in [0, 0.1) is 6.92 Å². The number of rotatable bonds is 5. The third-order valence-corrected chi connectivity index (χ3v) is 5.60. The molecule has 1 amide bonds. The lowest BCUT2D eigenvalue weighted by molar-refractivity contribution is 0.0747. The van der Waals surface area contributed by atoms with Crippen LogP contribution < -0.4 is 5.32 Å². The number of carbonyl (C=O) groups is 1. The lowest BCUT2D eigenvalue weighted by Gasteiger charge is -2.26. The molecule has 130 valence electrons. The van der Waals surface area contributed by atoms with Gasteiger partial charge in [0.15, 0.2) is 5.13 Å². The third kappa shape index (κ3) is 3.37. The first-order valence-corrected chi connectivity index (χ1v) is 9.30. The number of nitrogens with one attached hydrogen (secondary N) is 1. The van der Waals surface area contributed by atoms with Gasteiger partial charge >= 0.3 is 0 Å². The Morgan fingerprint density at radius 3 is 2.72 bits per heavy atom. The second-order valence-electron chi connectivity index (χ2n) is 6.12. The van der Waals surface area contributed by atoms with Gasteiger partial charge in [0.2, 0.25) is 0 Å². The van der Waals surface area contributed by atoms with Gasteiger partial charge in [-0.25, -0.2) is 4.98 Å². The van der Waals surface area contributed by atoms with Crippen molar-refractivity contribution in [1.82, 2.24) is 9.88 Å². The quantitative estimate of drug-likeness (QED) is 0.712. The van der Waals surface area contributed by atoms with Gasteiger partial charge in [-0.1, -0.05) is 53.8 Å². The number of hydrogen-bond acceptors (Lipinski definition) is 4. The van der Waals surface area contributed by atoms with E-state index in [1.165, 1.54) is 22.1 Å². The Hall–Kier alpha value is -2.40. The van der Waals surface area contributed by atoms with Crippen molar-refractivity contribution in [2.24, 2.45) is 0 Å². The molecule has 0 aliphatic carbocycles. The molecule has 0 radical (unpaired) electrons. The van der Waals surface area contributed by atoms with Crippen LogP contribution in [0.5, 0.6) is 0 Å². The summed E-state index contributed by atoms with van der Waals surface area (Å²) >= 11 is 1.42. The van der Waals surface area contributed by atoms with Crippen molar-refractivity contribution in [2.45, 2.75) is 26.8 Å². The Morgan fingerprint density at radius 2 is 1.96 bits per heavy atom. The second kappa shape index (κ2) is 7.23. The molecule has 0 saturated heterocycles. The zero-order chi connectivity index (χ0) is 18.0. The molecule has 0 aliphatic rings. The summed E-state index contributed by atoms with van der Waals surface area (Å²) in [5, 5.41) is 6.36. The van der Waals surface area contributed by atoms with Crippen molar-refractivity contribution in [3.63, 3.8) is 0 Å². The second-order valence-corrected chi connectivity index (χ2v) is 7.12. The van der Waals surface area contributed by atoms with Gasteiger partial charge in [-0.05, 0) is 37.1 Å². The van der Waals surface area contributed by atoms with Gasteiger partial charge in [-0.15, -0.1) is 0 Å². The number of aromatic nitrogens is 1. The molecule has 1 N–H and O–H groups in total. The van der Waals surface area contributed by atoms with Gasteiger partial charge in [0.05, 0.1) is 11.7 Å². The van der Waals surface area contributed by atoms with Crippen LogP contribution in [-0.2, 0) is 0 Å². The fourth-order valence-electron chi connectivity index (χ4n) is 2.98. The minimum absolute atomic E-state index is 0.0135. The minimum Gasteiger partial charge on any atom is -0.362 e. The van der Waals surface area contributed by atoms with E-state index in [1.807, 2.05) is 39.1 Å². The van der Waals surface area contributed by atoms with E-state index in [-0.39, 0.29) is 11.9 Å². The molecule has 0 unspecified atom stereocenters. The van der Waals surface area contributed by atoms with Crippen molar-refractivity contribution in [2.75, 3.05) is 18.9 Å². The van der Waals surface area contributed by atoms with E-state index < -0.39 is 0 Å². The molecular weight excluding hydrogens is 330 g/mol. The largest absolute Gasteiger partial charge is 0.362 e. The molecule has 0 spiro atoms. The van der Waals surface area contributed by atoms with Crippen LogP contribution in [0.15, 0.2) is 42.5 Å². The molecule has 1 heterocycles. The molecule has 0 aliphatic heterocycles. The average Bonchev–Trinajstić information content (AvgIpc) is 3.00. The molecule has 2 aromatic carbocycles. The van der Waals surface area contributed by atoms with E-state index >= 15 is 0 Å². The fraction of sp³-hybridized carbons (Fsp3) is 0.300. The number of hydrogen-bond donors (Lipinski definition) is 1. The topological polar surface area (TPSA) is 45.2 Å². The van der Waals surface area contributed by atoms with Gasteiger partial charge in [0.1, 0.15) is 4.88 Å². The molecule has 25 heavy (non-hydrogen) atoms. The Morgan fingerprint density at radius 1 is 1.24 bits per heavy atom. The van der Waals surface area contributed by atoms with E-state index in [4.69, 9.17) is 0 Å². The van der Waals surface area contributed by atoms with Gasteiger partial charge < -0.3 is 10.2 Å². The monoisotopic (exact) mass is 353 g/mol. The predicted octanol–water partition coefficient (Wildman–Crippen LogP) is 4.87. The zero-order valence-electron chi connectivity index (χ0n) is 15.0. The summed E-state index contributed by atoms with van der Waals surface area (Å²) in [5.74, 6) is 0.0135. The number of carbonyl (C=O) groups excluding carboxylic acids is 1. The van der Waals surface area contributed by atoms with Gasteiger partial charge in [0.25, 0.3) is 5.91 Å². The first-order chi connectivity index (χ1) is 12.0. The van der Waals surface area contributed by atoms with E-state index in [0.29, 0.717) is 4.88 Å². The van der Waals surface area contributed by atoms with E-state index in [2.05, 4.69) is 41.5 Å². The summed E-state index contributed by atoms with van der Waals surface area (Å²) < 4.78 is 0. The van der Waals surface area contributed by atoms with Crippen molar-refractivity contribution < 1.29 is 4.79 Å². The van der Waals surface area contributed by atoms with E-state index in [1.54, 1.807) is 4.90 Å². The molecule has 0 fully saturated rings. The molecule has 5 heteroatoms. The van der Waals surface area contributed by atoms with Crippen LogP contribution in [0.25, 0.3) is 10.8 Å². The first-order valence-electron chi connectivity index (χ1n) is 8.49. The van der Waals surface area contributed by atoms with Crippen LogP contribution in [-0.4, -0.2) is 29.4 Å². The number of amides is 1. The zero-order valence-corrected chi connectivity index (χ0v) is 15.9. The van der Waals surface area contributed by atoms with Gasteiger partial charge in [-0.2, -0.15) is 0 Å². The molecular formula is C20H23N3OS. The van der Waals surface area contributed by atoms with Crippen LogP contribution >= 0.6 is 11.3 Å². The molecule has 3 aromatic rings. The number of nitrogens with zero attached hydrogens (tertiary/aromatic N) is 2. The standard InChI is InChI=1S/C20H23N3OS/c1-5-21-20-22-13(2)18(25-20)19(24)23(4)14(3)16-12-8-10-15-9-6-7-11-17(15)16/h6-12,14H,5H2,1-4H3,(H,21,22)/t14-/m1/s1. The minimum atomic E-state index is -0.0253. The highest BCUT2D eigenvalue weighted by Crippen LogP contribution is 2.30. The van der Waals surface area contributed by atoms with Gasteiger partial charge in [0, 0.05) is 13.6 Å². The maximum Gasteiger partial charge on any atom is 0.266 e. The van der Waals surface area contributed by atoms with Crippen LogP contribution in [0.1, 0.15) is 40.8 Å². The van der Waals surface area contributed by atoms with Crippen molar-refractivity contribution in [3.8, 4) is 0 Å². The third-order valence-electron chi connectivity index (χ3n) is 4.49. The number of benzene rings is 2. The Balaban J connectivity index is 1.91. The summed E-state index contributed by atoms with van der Waals surface area (Å²) in [6.45, 7) is 6.78. The lowest BCUT2D eigenvalue weighted by atomic mass is 9.99. The summed E-state index contributed by atoms with van der Waals surface area (Å²) in [6, 6.07) is 14.5. The molecule has 0 saturated carbocycles. The van der Waals surface area contributed by atoms with E-state index in [0.717, 1.165) is 22.9 Å². The maximum atomic E-state index is 13.0. The van der Waals surface area contributed by atoms with Crippen molar-refractivity contribution in [1.29, 1.82) is 0 Å². The number of aryl methyl sites for hydroxylation is 1. The predicted molar refractivity (Wildman–Crippen MR) is 105 cm³/mol. The first kappa shape index (κ1) is 17.4. The van der Waals surface area contributed by atoms with Crippen LogP contribution in [0.4, 0.5) is 5.13 Å². The summed E-state index contributed by atoms with van der Waals surface area (Å²) in [6.07, 6.45) is 0. The van der Waals surface area contributed by atoms with Gasteiger partial charge in [-0.3, -0.25) is 4.79 Å². The Kier molecular flexibility index (Phi) is 5.04. The molecule has 0 bridgehead atoms. The molecule has 1 aromatic heterocycles. The SMILES string of the molecule is CCNc1nc(C)c(C(=O)N(C)[C@H](C)c2cccc3ccccc23)s1. The van der Waals surface area contributed by atoms with E-state index in [9.17, 15) is 4.79 Å².